The molecule has 0 bridgehead atoms. The molecule has 0 saturated carbocycles. The van der Waals surface area contributed by atoms with Crippen LogP contribution >= 0.6 is 11.8 Å². The molecule has 0 aromatic rings. The van der Waals surface area contributed by atoms with Gasteiger partial charge in [0.1, 0.15) is 5.44 Å². The Labute approximate surface area is 79.2 Å². The van der Waals surface area contributed by atoms with E-state index < -0.39 is 0 Å². The summed E-state index contributed by atoms with van der Waals surface area (Å²) in [4.78, 5) is 0. The number of hydrogen-bond acceptors (Lipinski definition) is 4. The maximum Gasteiger partial charge on any atom is 0.115 e. The fourth-order valence-corrected chi connectivity index (χ4v) is 1.66. The van der Waals surface area contributed by atoms with Crippen LogP contribution in [0, 0.1) is 0 Å². The van der Waals surface area contributed by atoms with E-state index in [2.05, 4.69) is 6.92 Å². The molecular formula is C8H20N2OS. The summed E-state index contributed by atoms with van der Waals surface area (Å²) in [5, 5.41) is 0. The van der Waals surface area contributed by atoms with Gasteiger partial charge in [-0.05, 0) is 25.1 Å². The van der Waals surface area contributed by atoms with Crippen LogP contribution in [0.1, 0.15) is 19.8 Å². The molecule has 1 atom stereocenters. The summed E-state index contributed by atoms with van der Waals surface area (Å²) in [7, 11) is 0. The third kappa shape index (κ3) is 6.91. The minimum Gasteiger partial charge on any atom is -0.366 e. The molecule has 3 nitrogen and oxygen atoms in total. The van der Waals surface area contributed by atoms with Crippen LogP contribution in [0.2, 0.25) is 0 Å². The van der Waals surface area contributed by atoms with Gasteiger partial charge in [0.15, 0.2) is 0 Å². The quantitative estimate of drug-likeness (QED) is 0.441. The molecule has 74 valence electrons. The zero-order chi connectivity index (χ0) is 9.23. The van der Waals surface area contributed by atoms with Crippen LogP contribution < -0.4 is 11.5 Å². The second-order valence-electron chi connectivity index (χ2n) is 2.55. The maximum atomic E-state index is 5.52. The second kappa shape index (κ2) is 9.32. The van der Waals surface area contributed by atoms with Crippen molar-refractivity contribution in [2.75, 3.05) is 25.4 Å². The molecule has 0 saturated heterocycles. The van der Waals surface area contributed by atoms with E-state index in [1.54, 1.807) is 11.8 Å². The molecule has 4 heteroatoms. The van der Waals surface area contributed by atoms with Crippen molar-refractivity contribution in [2.45, 2.75) is 25.2 Å². The zero-order valence-electron chi connectivity index (χ0n) is 7.79. The van der Waals surface area contributed by atoms with Crippen molar-refractivity contribution >= 4 is 11.8 Å². The smallest absolute Gasteiger partial charge is 0.115 e. The Balaban J connectivity index is 3.26. The Kier molecular flexibility index (Phi) is 9.50. The number of thioether (sulfide) groups is 1. The van der Waals surface area contributed by atoms with Crippen molar-refractivity contribution < 1.29 is 4.74 Å². The first kappa shape index (κ1) is 12.2. The molecule has 1 unspecified atom stereocenters. The largest absolute Gasteiger partial charge is 0.366 e. The van der Waals surface area contributed by atoms with Crippen LogP contribution in [0.4, 0.5) is 0 Å². The highest BCUT2D eigenvalue weighted by Gasteiger charge is 2.05. The first-order valence-electron chi connectivity index (χ1n) is 4.48. The molecule has 0 aliphatic rings. The van der Waals surface area contributed by atoms with Crippen LogP contribution in [0.5, 0.6) is 0 Å². The first-order chi connectivity index (χ1) is 5.85. The SMILES string of the molecule is CCCOC(CN)SCCCN. The number of rotatable bonds is 8. The average molecular weight is 192 g/mol. The van der Waals surface area contributed by atoms with E-state index in [-0.39, 0.29) is 5.44 Å². The monoisotopic (exact) mass is 192 g/mol. The van der Waals surface area contributed by atoms with Gasteiger partial charge < -0.3 is 16.2 Å². The highest BCUT2D eigenvalue weighted by Crippen LogP contribution is 2.12. The van der Waals surface area contributed by atoms with Gasteiger partial charge in [-0.1, -0.05) is 6.92 Å². The van der Waals surface area contributed by atoms with Crippen molar-refractivity contribution in [1.29, 1.82) is 0 Å². The lowest BCUT2D eigenvalue weighted by Gasteiger charge is -2.14. The maximum absolute atomic E-state index is 5.52. The highest BCUT2D eigenvalue weighted by atomic mass is 32.2. The van der Waals surface area contributed by atoms with E-state index in [0.29, 0.717) is 6.54 Å². The van der Waals surface area contributed by atoms with E-state index >= 15 is 0 Å². The van der Waals surface area contributed by atoms with Gasteiger partial charge in [-0.2, -0.15) is 0 Å². The molecule has 0 spiro atoms. The Bertz CT molecular complexity index is 93.1. The Morgan fingerprint density at radius 3 is 2.67 bits per heavy atom. The second-order valence-corrected chi connectivity index (χ2v) is 3.82. The summed E-state index contributed by atoms with van der Waals surface area (Å²) >= 11 is 1.76. The number of nitrogens with two attached hydrogens (primary N) is 2. The lowest BCUT2D eigenvalue weighted by molar-refractivity contribution is 0.118. The molecule has 0 fully saturated rings. The molecule has 0 aromatic heterocycles. The third-order valence-corrected chi connectivity index (χ3v) is 2.58. The van der Waals surface area contributed by atoms with Gasteiger partial charge in [0.05, 0.1) is 0 Å². The van der Waals surface area contributed by atoms with Gasteiger partial charge in [0, 0.05) is 13.2 Å². The summed E-state index contributed by atoms with van der Waals surface area (Å²) in [6.07, 6.45) is 2.09. The first-order valence-corrected chi connectivity index (χ1v) is 5.53. The van der Waals surface area contributed by atoms with Gasteiger partial charge in [-0.3, -0.25) is 0 Å². The van der Waals surface area contributed by atoms with Gasteiger partial charge >= 0.3 is 0 Å². The minimum absolute atomic E-state index is 0.163. The van der Waals surface area contributed by atoms with Crippen LogP contribution in [-0.4, -0.2) is 30.9 Å². The molecule has 0 radical (unpaired) electrons. The van der Waals surface area contributed by atoms with Gasteiger partial charge in [0.2, 0.25) is 0 Å². The Morgan fingerprint density at radius 2 is 2.17 bits per heavy atom. The summed E-state index contributed by atoms with van der Waals surface area (Å²) < 4.78 is 5.48. The van der Waals surface area contributed by atoms with E-state index in [9.17, 15) is 0 Å². The van der Waals surface area contributed by atoms with Crippen LogP contribution in [0.15, 0.2) is 0 Å². The van der Waals surface area contributed by atoms with Crippen molar-refractivity contribution in [3.8, 4) is 0 Å². The predicted octanol–water partition coefficient (Wildman–Crippen LogP) is 0.780. The fraction of sp³-hybridized carbons (Fsp3) is 1.00. The lowest BCUT2D eigenvalue weighted by atomic mass is 10.5. The van der Waals surface area contributed by atoms with Crippen LogP contribution in [-0.2, 0) is 4.74 Å². The molecule has 12 heavy (non-hydrogen) atoms. The van der Waals surface area contributed by atoms with Gasteiger partial charge in [0.25, 0.3) is 0 Å². The molecule has 0 aliphatic heterocycles. The average Bonchev–Trinajstić information content (AvgIpc) is 2.11. The van der Waals surface area contributed by atoms with E-state index in [0.717, 1.165) is 31.7 Å². The Morgan fingerprint density at radius 1 is 1.42 bits per heavy atom. The van der Waals surface area contributed by atoms with Crippen molar-refractivity contribution in [3.63, 3.8) is 0 Å². The molecule has 4 N–H and O–H groups in total. The van der Waals surface area contributed by atoms with E-state index in [1.165, 1.54) is 0 Å². The lowest BCUT2D eigenvalue weighted by Crippen LogP contribution is -2.21. The third-order valence-electron chi connectivity index (χ3n) is 1.35. The molecule has 0 aliphatic carbocycles. The van der Waals surface area contributed by atoms with E-state index in [1.807, 2.05) is 0 Å². The van der Waals surface area contributed by atoms with Gasteiger partial charge in [-0.25, -0.2) is 0 Å². The molecule has 0 heterocycles. The summed E-state index contributed by atoms with van der Waals surface area (Å²) in [6.45, 7) is 4.24. The van der Waals surface area contributed by atoms with Gasteiger partial charge in [-0.15, -0.1) is 11.8 Å². The van der Waals surface area contributed by atoms with Crippen LogP contribution in [0.3, 0.4) is 0 Å². The summed E-state index contributed by atoms with van der Waals surface area (Å²) in [6, 6.07) is 0. The minimum atomic E-state index is 0.163. The number of hydrogen-bond donors (Lipinski definition) is 2. The molecular weight excluding hydrogens is 172 g/mol. The summed E-state index contributed by atoms with van der Waals surface area (Å²) in [5.74, 6) is 1.04. The highest BCUT2D eigenvalue weighted by molar-refractivity contribution is 7.99. The predicted molar refractivity (Wildman–Crippen MR) is 55.2 cm³/mol. The summed E-state index contributed by atoms with van der Waals surface area (Å²) in [5.41, 5.74) is 11.1. The molecule has 0 aromatic carbocycles. The van der Waals surface area contributed by atoms with E-state index in [4.69, 9.17) is 16.2 Å². The zero-order valence-corrected chi connectivity index (χ0v) is 8.61. The standard InChI is InChI=1S/C8H20N2OS/c1-2-5-11-8(7-10)12-6-3-4-9/h8H,2-7,9-10H2,1H3. The topological polar surface area (TPSA) is 61.3 Å². The Hall–Kier alpha value is 0.230. The van der Waals surface area contributed by atoms with Crippen molar-refractivity contribution in [2.24, 2.45) is 11.5 Å². The fourth-order valence-electron chi connectivity index (χ4n) is 0.732. The molecule has 0 rings (SSSR count). The van der Waals surface area contributed by atoms with Crippen molar-refractivity contribution in [1.82, 2.24) is 0 Å². The molecule has 0 amide bonds. The number of ether oxygens (including phenoxy) is 1. The van der Waals surface area contributed by atoms with Crippen molar-refractivity contribution in [3.05, 3.63) is 0 Å². The normalized spacial score (nSPS) is 13.2. The van der Waals surface area contributed by atoms with Crippen LogP contribution in [0.25, 0.3) is 0 Å².